The van der Waals surface area contributed by atoms with Crippen molar-refractivity contribution < 1.29 is 9.90 Å². The minimum absolute atomic E-state index is 0.0140. The molecule has 1 aliphatic carbocycles. The Labute approximate surface area is 101 Å². The fourth-order valence-corrected chi connectivity index (χ4v) is 2.08. The number of aromatic nitrogens is 1. The summed E-state index contributed by atoms with van der Waals surface area (Å²) in [5, 5.41) is 8.88. The van der Waals surface area contributed by atoms with Crippen molar-refractivity contribution in [1.82, 2.24) is 9.88 Å². The third-order valence-electron chi connectivity index (χ3n) is 3.27. The number of amides is 1. The number of carbonyl (C=O) groups is 1. The Balaban J connectivity index is 2.06. The van der Waals surface area contributed by atoms with Crippen LogP contribution in [0.1, 0.15) is 36.2 Å². The lowest BCUT2D eigenvalue weighted by atomic mass is 9.91. The number of aliphatic hydroxyl groups excluding tert-OH is 1. The molecule has 2 rings (SSSR count). The van der Waals surface area contributed by atoms with Crippen molar-refractivity contribution in [1.29, 1.82) is 0 Å². The zero-order chi connectivity index (χ0) is 12.3. The van der Waals surface area contributed by atoms with Crippen LogP contribution < -0.4 is 5.73 Å². The van der Waals surface area contributed by atoms with Crippen LogP contribution in [-0.2, 0) is 0 Å². The summed E-state index contributed by atoms with van der Waals surface area (Å²) in [6, 6.07) is 1.99. The van der Waals surface area contributed by atoms with E-state index in [1.165, 1.54) is 6.42 Å². The molecule has 1 aromatic rings. The van der Waals surface area contributed by atoms with Gasteiger partial charge in [0.05, 0.1) is 0 Å². The highest BCUT2D eigenvalue weighted by Crippen LogP contribution is 2.26. The van der Waals surface area contributed by atoms with Gasteiger partial charge in [-0.25, -0.2) is 0 Å². The number of aromatic amines is 1. The maximum Gasteiger partial charge on any atom is 0.270 e. The predicted octanol–water partition coefficient (Wildman–Crippen LogP) is 0.974. The van der Waals surface area contributed by atoms with Crippen LogP contribution >= 0.6 is 0 Å². The van der Waals surface area contributed by atoms with E-state index in [0.717, 1.165) is 12.8 Å². The molecule has 5 nitrogen and oxygen atoms in total. The van der Waals surface area contributed by atoms with E-state index in [2.05, 4.69) is 4.98 Å². The van der Waals surface area contributed by atoms with Gasteiger partial charge in [-0.05, 0) is 31.7 Å². The molecule has 1 aromatic heterocycles. The third kappa shape index (κ3) is 2.61. The molecule has 0 radical (unpaired) electrons. The highest BCUT2D eigenvalue weighted by Gasteiger charge is 2.29. The van der Waals surface area contributed by atoms with Gasteiger partial charge in [-0.3, -0.25) is 4.79 Å². The SMILES string of the molecule is Nc1c[nH]c(C(=O)N(CCCO)C2CCC2)c1. The molecule has 0 atom stereocenters. The minimum Gasteiger partial charge on any atom is -0.397 e. The number of nitrogens with two attached hydrogens (primary N) is 1. The molecule has 1 aliphatic rings. The maximum absolute atomic E-state index is 12.3. The standard InChI is InChI=1S/C12H19N3O2/c13-9-7-11(14-8-9)12(17)15(5-2-6-16)10-3-1-4-10/h7-8,10,14,16H,1-6,13H2. The highest BCUT2D eigenvalue weighted by atomic mass is 16.3. The van der Waals surface area contributed by atoms with E-state index in [4.69, 9.17) is 10.8 Å². The van der Waals surface area contributed by atoms with E-state index in [-0.39, 0.29) is 12.5 Å². The van der Waals surface area contributed by atoms with Crippen LogP contribution in [0.2, 0.25) is 0 Å². The molecule has 1 amide bonds. The summed E-state index contributed by atoms with van der Waals surface area (Å²) in [6.45, 7) is 0.724. The number of aliphatic hydroxyl groups is 1. The van der Waals surface area contributed by atoms with E-state index in [0.29, 0.717) is 30.4 Å². The van der Waals surface area contributed by atoms with E-state index >= 15 is 0 Å². The summed E-state index contributed by atoms with van der Waals surface area (Å²) in [5.74, 6) is -0.0140. The summed E-state index contributed by atoms with van der Waals surface area (Å²) in [5.41, 5.74) is 6.71. The first-order chi connectivity index (χ1) is 8.22. The fraction of sp³-hybridized carbons (Fsp3) is 0.583. The van der Waals surface area contributed by atoms with Gasteiger partial charge >= 0.3 is 0 Å². The van der Waals surface area contributed by atoms with Crippen molar-refractivity contribution in [2.75, 3.05) is 18.9 Å². The minimum atomic E-state index is -0.0140. The molecule has 0 unspecified atom stereocenters. The number of carbonyl (C=O) groups excluding carboxylic acids is 1. The molecule has 0 bridgehead atoms. The molecule has 0 saturated heterocycles. The van der Waals surface area contributed by atoms with Crippen molar-refractivity contribution in [2.24, 2.45) is 0 Å². The molecular weight excluding hydrogens is 218 g/mol. The number of rotatable bonds is 5. The molecule has 1 fully saturated rings. The zero-order valence-electron chi connectivity index (χ0n) is 9.85. The second-order valence-corrected chi connectivity index (χ2v) is 4.51. The summed E-state index contributed by atoms with van der Waals surface area (Å²) in [7, 11) is 0. The number of nitrogens with zero attached hydrogens (tertiary/aromatic N) is 1. The predicted molar refractivity (Wildman–Crippen MR) is 65.6 cm³/mol. The zero-order valence-corrected chi connectivity index (χ0v) is 9.85. The Morgan fingerprint density at radius 1 is 1.59 bits per heavy atom. The lowest BCUT2D eigenvalue weighted by Gasteiger charge is -2.37. The van der Waals surface area contributed by atoms with Gasteiger partial charge in [-0.1, -0.05) is 0 Å². The van der Waals surface area contributed by atoms with Gasteiger partial charge in [0.15, 0.2) is 0 Å². The van der Waals surface area contributed by atoms with E-state index < -0.39 is 0 Å². The van der Waals surface area contributed by atoms with Crippen molar-refractivity contribution in [3.8, 4) is 0 Å². The average Bonchev–Trinajstić information content (AvgIpc) is 2.67. The number of nitrogen functional groups attached to an aromatic ring is 1. The first-order valence-electron chi connectivity index (χ1n) is 6.08. The molecule has 5 heteroatoms. The van der Waals surface area contributed by atoms with Gasteiger partial charge in [-0.15, -0.1) is 0 Å². The molecule has 94 valence electrons. The molecule has 0 spiro atoms. The summed E-state index contributed by atoms with van der Waals surface area (Å²) in [6.07, 6.45) is 5.55. The first kappa shape index (κ1) is 12.0. The maximum atomic E-state index is 12.3. The van der Waals surface area contributed by atoms with Crippen LogP contribution in [0.4, 0.5) is 5.69 Å². The van der Waals surface area contributed by atoms with Crippen molar-refractivity contribution in [3.05, 3.63) is 18.0 Å². The van der Waals surface area contributed by atoms with Gasteiger partial charge in [0.1, 0.15) is 5.69 Å². The van der Waals surface area contributed by atoms with Gasteiger partial charge in [0, 0.05) is 31.1 Å². The second kappa shape index (κ2) is 5.23. The number of anilines is 1. The summed E-state index contributed by atoms with van der Waals surface area (Å²) >= 11 is 0. The Hall–Kier alpha value is -1.49. The van der Waals surface area contributed by atoms with Crippen LogP contribution in [0, 0.1) is 0 Å². The normalized spacial score (nSPS) is 15.6. The fourth-order valence-electron chi connectivity index (χ4n) is 2.08. The van der Waals surface area contributed by atoms with Crippen LogP contribution in [0.15, 0.2) is 12.3 Å². The molecule has 17 heavy (non-hydrogen) atoms. The van der Waals surface area contributed by atoms with Crippen molar-refractivity contribution in [3.63, 3.8) is 0 Å². The quantitative estimate of drug-likeness (QED) is 0.713. The highest BCUT2D eigenvalue weighted by molar-refractivity contribution is 5.93. The summed E-state index contributed by atoms with van der Waals surface area (Å²) < 4.78 is 0. The van der Waals surface area contributed by atoms with Crippen LogP contribution in [0.5, 0.6) is 0 Å². The van der Waals surface area contributed by atoms with Crippen LogP contribution in [-0.4, -0.2) is 40.1 Å². The number of hydrogen-bond donors (Lipinski definition) is 3. The lowest BCUT2D eigenvalue weighted by Crippen LogP contribution is -2.45. The van der Waals surface area contributed by atoms with Gasteiger partial charge in [0.25, 0.3) is 5.91 Å². The molecule has 0 aromatic carbocycles. The Kier molecular flexibility index (Phi) is 3.68. The van der Waals surface area contributed by atoms with Crippen molar-refractivity contribution >= 4 is 11.6 Å². The topological polar surface area (TPSA) is 82.4 Å². The summed E-state index contributed by atoms with van der Waals surface area (Å²) in [4.78, 5) is 17.0. The molecule has 1 saturated carbocycles. The Morgan fingerprint density at radius 3 is 2.82 bits per heavy atom. The largest absolute Gasteiger partial charge is 0.397 e. The monoisotopic (exact) mass is 237 g/mol. The number of nitrogens with one attached hydrogen (secondary N) is 1. The van der Waals surface area contributed by atoms with E-state index in [1.807, 2.05) is 4.90 Å². The molecule has 1 heterocycles. The third-order valence-corrected chi connectivity index (χ3v) is 3.27. The van der Waals surface area contributed by atoms with Gasteiger partial charge in [0.2, 0.25) is 0 Å². The van der Waals surface area contributed by atoms with Crippen molar-refractivity contribution in [2.45, 2.75) is 31.7 Å². The Bertz CT molecular complexity index is 385. The molecule has 4 N–H and O–H groups in total. The van der Waals surface area contributed by atoms with E-state index in [1.54, 1.807) is 12.3 Å². The lowest BCUT2D eigenvalue weighted by molar-refractivity contribution is 0.0557. The molecule has 0 aliphatic heterocycles. The Morgan fingerprint density at radius 2 is 2.35 bits per heavy atom. The number of hydrogen-bond acceptors (Lipinski definition) is 3. The number of H-pyrrole nitrogens is 1. The van der Waals surface area contributed by atoms with Gasteiger partial charge < -0.3 is 20.7 Å². The first-order valence-corrected chi connectivity index (χ1v) is 6.08. The van der Waals surface area contributed by atoms with Crippen LogP contribution in [0.3, 0.4) is 0 Å². The van der Waals surface area contributed by atoms with Crippen LogP contribution in [0.25, 0.3) is 0 Å². The smallest absolute Gasteiger partial charge is 0.270 e. The molecular formula is C12H19N3O2. The van der Waals surface area contributed by atoms with E-state index in [9.17, 15) is 4.79 Å². The van der Waals surface area contributed by atoms with Gasteiger partial charge in [-0.2, -0.15) is 0 Å². The second-order valence-electron chi connectivity index (χ2n) is 4.51. The average molecular weight is 237 g/mol.